The van der Waals surface area contributed by atoms with E-state index < -0.39 is 88.9 Å². The molecule has 0 saturated carbocycles. The van der Waals surface area contributed by atoms with Gasteiger partial charge in [0.2, 0.25) is 0 Å². The number of carbonyl (C=O) groups is 2. The van der Waals surface area contributed by atoms with Crippen LogP contribution in [0.25, 0.3) is 0 Å². The zero-order chi connectivity index (χ0) is 37.7. The van der Waals surface area contributed by atoms with E-state index in [-0.39, 0.29) is 0 Å². The van der Waals surface area contributed by atoms with E-state index in [9.17, 15) is 119 Å². The molecule has 1 unspecified atom stereocenters. The number of halogens is 26. The van der Waals surface area contributed by atoms with E-state index in [1.807, 2.05) is 0 Å². The van der Waals surface area contributed by atoms with Gasteiger partial charge in [-0.2, -0.15) is 110 Å². The number of carboxylic acids is 2. The molecule has 0 saturated heterocycles. The molecule has 45 heavy (non-hydrogen) atoms. The van der Waals surface area contributed by atoms with E-state index in [1.54, 1.807) is 0 Å². The summed E-state index contributed by atoms with van der Waals surface area (Å²) < 4.78 is 349. The maximum atomic E-state index is 15.3. The lowest BCUT2D eigenvalue weighted by molar-refractivity contribution is -0.479. The van der Waals surface area contributed by atoms with Gasteiger partial charge < -0.3 is 10.2 Å². The number of carboxylic acid groups (broad SMARTS) is 2. The average Bonchev–Trinajstić information content (AvgIpc) is 2.75. The van der Waals surface area contributed by atoms with Gasteiger partial charge in [-0.3, -0.25) is 9.59 Å². The van der Waals surface area contributed by atoms with Crippen LogP contribution in [0.1, 0.15) is 0 Å². The highest BCUT2D eigenvalue weighted by atomic mass is 19.4. The number of aliphatic carboxylic acids is 2. The van der Waals surface area contributed by atoms with E-state index >= 15 is 4.39 Å². The number of hydrogen-bond donors (Lipinski definition) is 2. The molecule has 0 rings (SSSR count). The van der Waals surface area contributed by atoms with E-state index in [2.05, 4.69) is 0 Å². The normalized spacial score (nSPS) is 17.6. The van der Waals surface area contributed by atoms with Gasteiger partial charge in [0, 0.05) is 0 Å². The van der Waals surface area contributed by atoms with Gasteiger partial charge in [-0.05, 0) is 0 Å². The van der Waals surface area contributed by atoms with Crippen LogP contribution in [0.4, 0.5) is 114 Å². The summed E-state index contributed by atoms with van der Waals surface area (Å²) in [6, 6.07) is 0. The zero-order valence-electron chi connectivity index (χ0n) is 19.0. The summed E-state index contributed by atoms with van der Waals surface area (Å²) in [6.07, 6.45) is -26.1. The van der Waals surface area contributed by atoms with Crippen LogP contribution in [0, 0.1) is 5.41 Å². The molecule has 0 aliphatic carbocycles. The van der Waals surface area contributed by atoms with Crippen molar-refractivity contribution < 1.29 is 134 Å². The van der Waals surface area contributed by atoms with E-state index in [0.717, 1.165) is 0 Å². The molecule has 0 radical (unpaired) electrons. The molecular formula is C15H2F26O4. The van der Waals surface area contributed by atoms with Crippen molar-refractivity contribution in [2.24, 2.45) is 5.41 Å². The van der Waals surface area contributed by atoms with Crippen LogP contribution in [-0.2, 0) is 9.59 Å². The Hall–Kier alpha value is -2.88. The van der Waals surface area contributed by atoms with Crippen molar-refractivity contribution in [3.05, 3.63) is 0 Å². The van der Waals surface area contributed by atoms with Gasteiger partial charge >= 0.3 is 77.8 Å². The zero-order valence-corrected chi connectivity index (χ0v) is 19.0. The van der Waals surface area contributed by atoms with Crippen molar-refractivity contribution in [1.29, 1.82) is 0 Å². The van der Waals surface area contributed by atoms with Crippen LogP contribution in [0.15, 0.2) is 0 Å². The Balaban J connectivity index is 8.81. The van der Waals surface area contributed by atoms with Crippen LogP contribution < -0.4 is 0 Å². The molecule has 0 aromatic heterocycles. The minimum atomic E-state index is -10.4. The fourth-order valence-electron chi connectivity index (χ4n) is 3.13. The third-order valence-corrected chi connectivity index (χ3v) is 5.53. The maximum absolute atomic E-state index is 15.3. The molecule has 0 aromatic rings. The molecule has 0 aromatic carbocycles. The summed E-state index contributed by atoms with van der Waals surface area (Å²) in [6.45, 7) is 0. The van der Waals surface area contributed by atoms with E-state index in [0.29, 0.717) is 0 Å². The topological polar surface area (TPSA) is 74.6 Å². The number of rotatable bonds is 11. The van der Waals surface area contributed by atoms with Crippen molar-refractivity contribution >= 4 is 11.9 Å². The fourth-order valence-corrected chi connectivity index (χ4v) is 3.13. The summed E-state index contributed by atoms with van der Waals surface area (Å²) in [5, 5.41) is 16.8. The molecule has 2 N–H and O–H groups in total. The van der Waals surface area contributed by atoms with Gasteiger partial charge in [0.05, 0.1) is 0 Å². The van der Waals surface area contributed by atoms with E-state index in [1.165, 1.54) is 0 Å². The highest BCUT2D eigenvalue weighted by molar-refractivity contribution is 6.02. The van der Waals surface area contributed by atoms with Crippen LogP contribution in [0.5, 0.6) is 0 Å². The molecule has 30 heteroatoms. The smallest absolute Gasteiger partial charge is 0.460 e. The molecule has 0 aliphatic heterocycles. The Labute approximate surface area is 224 Å². The van der Waals surface area contributed by atoms with Gasteiger partial charge in [-0.15, -0.1) is 0 Å². The third-order valence-electron chi connectivity index (χ3n) is 5.53. The minimum Gasteiger partial charge on any atom is -0.480 e. The first-order chi connectivity index (χ1) is 18.9. The molecule has 268 valence electrons. The van der Waals surface area contributed by atoms with E-state index in [4.69, 9.17) is 10.2 Å². The summed E-state index contributed by atoms with van der Waals surface area (Å²) in [4.78, 5) is 22.1. The van der Waals surface area contributed by atoms with Crippen molar-refractivity contribution in [1.82, 2.24) is 0 Å². The molecular weight excluding hydrogens is 738 g/mol. The number of hydrogen-bond acceptors (Lipinski definition) is 2. The molecule has 0 spiro atoms. The molecule has 0 aliphatic rings. The summed E-state index contributed by atoms with van der Waals surface area (Å²) in [7, 11) is 0. The molecule has 0 amide bonds. The Kier molecular flexibility index (Phi) is 9.41. The third kappa shape index (κ3) is 4.59. The van der Waals surface area contributed by atoms with Gasteiger partial charge in [0.1, 0.15) is 0 Å². The first-order valence-corrected chi connectivity index (χ1v) is 9.27. The van der Waals surface area contributed by atoms with Gasteiger partial charge in [0.25, 0.3) is 11.1 Å². The first kappa shape index (κ1) is 42.1. The van der Waals surface area contributed by atoms with Crippen molar-refractivity contribution in [2.75, 3.05) is 0 Å². The lowest BCUT2D eigenvalue weighted by atomic mass is 9.60. The Morgan fingerprint density at radius 2 is 0.489 bits per heavy atom. The Morgan fingerprint density at radius 3 is 0.689 bits per heavy atom. The molecule has 0 heterocycles. The monoisotopic (exact) mass is 740 g/mol. The minimum absolute atomic E-state index is 5.75. The van der Waals surface area contributed by atoms with Gasteiger partial charge in [-0.1, -0.05) is 0 Å². The lowest BCUT2D eigenvalue weighted by Gasteiger charge is -2.52. The molecule has 0 bridgehead atoms. The predicted molar refractivity (Wildman–Crippen MR) is 79.3 cm³/mol. The second-order valence-electron chi connectivity index (χ2n) is 8.11. The standard InChI is InChI=1S/C15H2F26O4/c16-4(7(21,22)14(36,37)38,3(1(42)43,2(44)45)5(17,18)13(33,34)35)6(19,20)8(23,24)9(25,26)10(27,28)11(29,30)12(31,32)15(39,40)41/h(H,42,43)(H,44,45). The molecule has 0 fully saturated rings. The van der Waals surface area contributed by atoms with Crippen LogP contribution in [0.3, 0.4) is 0 Å². The average molecular weight is 740 g/mol. The number of alkyl halides is 26. The Bertz CT molecular complexity index is 1140. The summed E-state index contributed by atoms with van der Waals surface area (Å²) >= 11 is 0. The summed E-state index contributed by atoms with van der Waals surface area (Å²) in [5.74, 6) is -89.1. The predicted octanol–water partition coefficient (Wildman–Crippen LogP) is 7.62. The highest BCUT2D eigenvalue weighted by Crippen LogP contribution is 2.72. The lowest BCUT2D eigenvalue weighted by Crippen LogP contribution is -2.85. The van der Waals surface area contributed by atoms with Crippen LogP contribution >= 0.6 is 0 Å². The van der Waals surface area contributed by atoms with Crippen LogP contribution in [-0.4, -0.2) is 93.7 Å². The quantitative estimate of drug-likeness (QED) is 0.169. The maximum Gasteiger partial charge on any atom is 0.460 e. The Morgan fingerprint density at radius 1 is 0.289 bits per heavy atom. The first-order valence-electron chi connectivity index (χ1n) is 9.27. The van der Waals surface area contributed by atoms with Crippen molar-refractivity contribution in [3.63, 3.8) is 0 Å². The summed E-state index contributed by atoms with van der Waals surface area (Å²) in [5.41, 5.74) is -19.3. The SMILES string of the molecule is O=C(O)C(C(=O)O)(C(F)(F)C(F)(F)F)C(F)(C(F)(F)C(F)(F)F)C(F)(F)C(F)(F)C(F)(F)C(F)(F)C(F)(F)C(F)(F)C(F)(F)F. The van der Waals surface area contributed by atoms with Crippen LogP contribution in [0.2, 0.25) is 0 Å². The fraction of sp³-hybridized carbons (Fsp3) is 0.867. The largest absolute Gasteiger partial charge is 0.480 e. The highest BCUT2D eigenvalue weighted by Gasteiger charge is 3.04. The van der Waals surface area contributed by atoms with Crippen molar-refractivity contribution in [2.45, 2.75) is 71.6 Å². The van der Waals surface area contributed by atoms with Gasteiger partial charge in [-0.25, -0.2) is 4.39 Å². The second kappa shape index (κ2) is 10.1. The molecule has 1 atom stereocenters. The van der Waals surface area contributed by atoms with Gasteiger partial charge in [0.15, 0.2) is 0 Å². The van der Waals surface area contributed by atoms with Crippen molar-refractivity contribution in [3.8, 4) is 0 Å². The second-order valence-corrected chi connectivity index (χ2v) is 8.11. The molecule has 4 nitrogen and oxygen atoms in total.